The van der Waals surface area contributed by atoms with Crippen LogP contribution in [0.2, 0.25) is 5.02 Å². The first-order valence-corrected chi connectivity index (χ1v) is 11.1. The van der Waals surface area contributed by atoms with Gasteiger partial charge >= 0.3 is 0 Å². The Morgan fingerprint density at radius 3 is 2.73 bits per heavy atom. The maximum absolute atomic E-state index is 12.9. The molecule has 1 aliphatic rings. The summed E-state index contributed by atoms with van der Waals surface area (Å²) < 4.78 is 11.8. The summed E-state index contributed by atoms with van der Waals surface area (Å²) in [4.78, 5) is 19.7. The maximum atomic E-state index is 12.9. The van der Waals surface area contributed by atoms with E-state index in [-0.39, 0.29) is 5.91 Å². The first kappa shape index (κ1) is 22.5. The van der Waals surface area contributed by atoms with Crippen LogP contribution in [-0.2, 0) is 4.79 Å². The first-order valence-electron chi connectivity index (χ1n) is 9.13. The van der Waals surface area contributed by atoms with Crippen molar-refractivity contribution in [3.8, 4) is 11.5 Å². The average Bonchev–Trinajstić information content (AvgIpc) is 3.03. The molecule has 0 bridgehead atoms. The minimum Gasteiger partial charge on any atom is -0.493 e. The Bertz CT molecular complexity index is 1040. The van der Waals surface area contributed by atoms with Gasteiger partial charge in [0.2, 0.25) is 0 Å². The third-order valence-corrected chi connectivity index (χ3v) is 6.41. The lowest BCUT2D eigenvalue weighted by molar-refractivity contribution is -0.122. The normalized spacial score (nSPS) is 16.4. The molecule has 0 saturated carbocycles. The largest absolute Gasteiger partial charge is 0.493 e. The second kappa shape index (κ2) is 10.2. The number of halogens is 2. The van der Waals surface area contributed by atoms with E-state index in [1.165, 1.54) is 11.8 Å². The molecule has 0 radical (unpaired) electrons. The fraction of sp³-hybridized carbons (Fsp3) is 0.182. The third kappa shape index (κ3) is 5.09. The molecular weight excluding hydrogens is 488 g/mol. The van der Waals surface area contributed by atoms with Crippen LogP contribution < -0.4 is 9.47 Å². The molecule has 0 aromatic heterocycles. The highest BCUT2D eigenvalue weighted by molar-refractivity contribution is 9.10. The standard InChI is InChI=1S/C22H20BrClN2O3S/c1-4-10-29-18-9-6-14(11-19(18)28-3)12-20-21(27)26(5-2)22(30-20)25-15-7-8-16(23)17(24)13-15/h4,6-9,11-13H,1,5,10H2,2-3H3/b20-12-,25-22?. The average molecular weight is 508 g/mol. The molecule has 1 aliphatic heterocycles. The summed E-state index contributed by atoms with van der Waals surface area (Å²) >= 11 is 10.9. The van der Waals surface area contributed by atoms with Crippen molar-refractivity contribution in [2.75, 3.05) is 20.3 Å². The second-order valence-electron chi connectivity index (χ2n) is 6.16. The lowest BCUT2D eigenvalue weighted by Gasteiger charge is -2.12. The van der Waals surface area contributed by atoms with Crippen LogP contribution in [-0.4, -0.2) is 36.2 Å². The van der Waals surface area contributed by atoms with Gasteiger partial charge < -0.3 is 9.47 Å². The van der Waals surface area contributed by atoms with Crippen LogP contribution in [0.3, 0.4) is 0 Å². The molecule has 30 heavy (non-hydrogen) atoms. The molecule has 8 heteroatoms. The lowest BCUT2D eigenvalue weighted by atomic mass is 10.2. The minimum absolute atomic E-state index is 0.0876. The summed E-state index contributed by atoms with van der Waals surface area (Å²) in [6.45, 7) is 6.47. The van der Waals surface area contributed by atoms with Crippen molar-refractivity contribution in [3.05, 3.63) is 69.0 Å². The molecule has 1 saturated heterocycles. The topological polar surface area (TPSA) is 51.1 Å². The minimum atomic E-state index is -0.0876. The van der Waals surface area contributed by atoms with E-state index in [0.29, 0.717) is 45.4 Å². The third-order valence-electron chi connectivity index (χ3n) is 4.17. The summed E-state index contributed by atoms with van der Waals surface area (Å²) in [5, 5.41) is 1.18. The number of amides is 1. The van der Waals surface area contributed by atoms with Gasteiger partial charge in [-0.05, 0) is 76.6 Å². The maximum Gasteiger partial charge on any atom is 0.266 e. The molecule has 5 nitrogen and oxygen atoms in total. The Labute approximate surface area is 193 Å². The molecule has 1 amide bonds. The van der Waals surface area contributed by atoms with E-state index in [1.54, 1.807) is 24.2 Å². The molecule has 3 rings (SSSR count). The number of carbonyl (C=O) groups is 1. The summed E-state index contributed by atoms with van der Waals surface area (Å²) in [5.74, 6) is 1.12. The Morgan fingerprint density at radius 2 is 2.07 bits per heavy atom. The van der Waals surface area contributed by atoms with E-state index in [2.05, 4.69) is 27.5 Å². The quantitative estimate of drug-likeness (QED) is 0.326. The van der Waals surface area contributed by atoms with Crippen molar-refractivity contribution in [1.82, 2.24) is 4.90 Å². The molecule has 0 aliphatic carbocycles. The number of methoxy groups -OCH3 is 1. The number of hydrogen-bond donors (Lipinski definition) is 0. The Hall–Kier alpha value is -2.22. The number of likely N-dealkylation sites (N-methyl/N-ethyl adjacent to an activating group) is 1. The van der Waals surface area contributed by atoms with Crippen LogP contribution >= 0.6 is 39.3 Å². The Balaban J connectivity index is 1.90. The van der Waals surface area contributed by atoms with Gasteiger partial charge in [0.25, 0.3) is 5.91 Å². The van der Waals surface area contributed by atoms with Crippen molar-refractivity contribution in [2.45, 2.75) is 6.92 Å². The number of benzene rings is 2. The number of amidine groups is 1. The zero-order valence-electron chi connectivity index (χ0n) is 16.5. The van der Waals surface area contributed by atoms with E-state index in [4.69, 9.17) is 21.1 Å². The van der Waals surface area contributed by atoms with Crippen LogP contribution in [0.15, 0.2) is 63.4 Å². The SMILES string of the molecule is C=CCOc1ccc(/C=C2\SC(=Nc3ccc(Br)c(Cl)c3)N(CC)C2=O)cc1OC. The van der Waals surface area contributed by atoms with Crippen molar-refractivity contribution in [1.29, 1.82) is 0 Å². The zero-order valence-corrected chi connectivity index (χ0v) is 19.7. The van der Waals surface area contributed by atoms with Gasteiger partial charge in [0.1, 0.15) is 6.61 Å². The molecule has 2 aromatic rings. The first-order chi connectivity index (χ1) is 14.5. The number of nitrogens with zero attached hydrogens (tertiary/aromatic N) is 2. The monoisotopic (exact) mass is 506 g/mol. The van der Waals surface area contributed by atoms with E-state index in [1.807, 2.05) is 43.3 Å². The molecule has 1 heterocycles. The zero-order chi connectivity index (χ0) is 21.7. The van der Waals surface area contributed by atoms with E-state index < -0.39 is 0 Å². The summed E-state index contributed by atoms with van der Waals surface area (Å²) in [7, 11) is 1.58. The number of rotatable bonds is 7. The molecule has 0 unspecified atom stereocenters. The molecule has 0 N–H and O–H groups in total. The highest BCUT2D eigenvalue weighted by Crippen LogP contribution is 2.36. The van der Waals surface area contributed by atoms with Gasteiger partial charge in [0.15, 0.2) is 16.7 Å². The molecule has 156 valence electrons. The fourth-order valence-corrected chi connectivity index (χ4v) is 4.21. The number of hydrogen-bond acceptors (Lipinski definition) is 5. The summed E-state index contributed by atoms with van der Waals surface area (Å²) in [5.41, 5.74) is 1.52. The van der Waals surface area contributed by atoms with Gasteiger partial charge in [-0.15, -0.1) is 0 Å². The van der Waals surface area contributed by atoms with Crippen molar-refractivity contribution < 1.29 is 14.3 Å². The Morgan fingerprint density at radius 1 is 1.27 bits per heavy atom. The van der Waals surface area contributed by atoms with Crippen molar-refractivity contribution >= 4 is 62.1 Å². The smallest absolute Gasteiger partial charge is 0.266 e. The predicted octanol–water partition coefficient (Wildman–Crippen LogP) is 6.30. The van der Waals surface area contributed by atoms with Crippen molar-refractivity contribution in [2.24, 2.45) is 4.99 Å². The number of aliphatic imine (C=N–C) groups is 1. The van der Waals surface area contributed by atoms with Gasteiger partial charge in [-0.3, -0.25) is 9.69 Å². The van der Waals surface area contributed by atoms with Crippen LogP contribution in [0.25, 0.3) is 6.08 Å². The van der Waals surface area contributed by atoms with Crippen LogP contribution in [0, 0.1) is 0 Å². The molecule has 2 aromatic carbocycles. The second-order valence-corrected chi connectivity index (χ2v) is 8.43. The summed E-state index contributed by atoms with van der Waals surface area (Å²) in [6.07, 6.45) is 3.49. The van der Waals surface area contributed by atoms with Crippen LogP contribution in [0.1, 0.15) is 12.5 Å². The van der Waals surface area contributed by atoms with Gasteiger partial charge in [0, 0.05) is 11.0 Å². The number of thioether (sulfide) groups is 1. The Kier molecular flexibility index (Phi) is 7.64. The number of carbonyl (C=O) groups excluding carboxylic acids is 1. The van der Waals surface area contributed by atoms with Crippen LogP contribution in [0.4, 0.5) is 5.69 Å². The predicted molar refractivity (Wildman–Crippen MR) is 128 cm³/mol. The molecule has 0 spiro atoms. The van der Waals surface area contributed by atoms with Gasteiger partial charge in [0.05, 0.1) is 22.7 Å². The fourth-order valence-electron chi connectivity index (χ4n) is 2.73. The van der Waals surface area contributed by atoms with Crippen molar-refractivity contribution in [3.63, 3.8) is 0 Å². The van der Waals surface area contributed by atoms with E-state index in [0.717, 1.165) is 10.0 Å². The van der Waals surface area contributed by atoms with Gasteiger partial charge in [-0.1, -0.05) is 30.3 Å². The summed E-state index contributed by atoms with van der Waals surface area (Å²) in [6, 6.07) is 11.0. The van der Waals surface area contributed by atoms with Gasteiger partial charge in [-0.25, -0.2) is 4.99 Å². The highest BCUT2D eigenvalue weighted by Gasteiger charge is 2.32. The number of ether oxygens (including phenoxy) is 2. The highest BCUT2D eigenvalue weighted by atomic mass is 79.9. The molecule has 1 fully saturated rings. The molecule has 0 atom stereocenters. The molecular formula is C22H20BrClN2O3S. The van der Waals surface area contributed by atoms with E-state index >= 15 is 0 Å². The van der Waals surface area contributed by atoms with E-state index in [9.17, 15) is 4.79 Å². The van der Waals surface area contributed by atoms with Crippen LogP contribution in [0.5, 0.6) is 11.5 Å². The van der Waals surface area contributed by atoms with Gasteiger partial charge in [-0.2, -0.15) is 0 Å². The lowest BCUT2D eigenvalue weighted by Crippen LogP contribution is -2.28.